The summed E-state index contributed by atoms with van der Waals surface area (Å²) >= 11 is 6.08. The molecule has 0 saturated heterocycles. The quantitative estimate of drug-likeness (QED) is 0.773. The van der Waals surface area contributed by atoms with Gasteiger partial charge in [-0.1, -0.05) is 42.7 Å². The maximum atomic E-state index is 12.7. The number of halogens is 1. The summed E-state index contributed by atoms with van der Waals surface area (Å²) in [5, 5.41) is 4.85. The molecule has 0 fully saturated rings. The molecule has 5 nitrogen and oxygen atoms in total. The van der Waals surface area contributed by atoms with Crippen LogP contribution in [0.25, 0.3) is 0 Å². The highest BCUT2D eigenvalue weighted by molar-refractivity contribution is 6.30. The van der Waals surface area contributed by atoms with Gasteiger partial charge in [0.2, 0.25) is 5.91 Å². The Labute approximate surface area is 158 Å². The molecule has 6 heteroatoms. The second-order valence-corrected chi connectivity index (χ2v) is 7.15. The van der Waals surface area contributed by atoms with Gasteiger partial charge in [-0.25, -0.2) is 0 Å². The molecule has 1 atom stereocenters. The highest BCUT2D eigenvalue weighted by Gasteiger charge is 2.27. The van der Waals surface area contributed by atoms with E-state index in [1.54, 1.807) is 12.4 Å². The monoisotopic (exact) mass is 371 g/mol. The predicted octanol–water partition coefficient (Wildman–Crippen LogP) is 3.91. The highest BCUT2D eigenvalue weighted by atomic mass is 35.5. The van der Waals surface area contributed by atoms with Gasteiger partial charge < -0.3 is 9.74 Å². The zero-order valence-corrected chi connectivity index (χ0v) is 15.7. The lowest BCUT2D eigenvalue weighted by Crippen LogP contribution is -2.39. The Kier molecular flexibility index (Phi) is 5.89. The molecule has 0 bridgehead atoms. The van der Waals surface area contributed by atoms with E-state index in [2.05, 4.69) is 10.1 Å². The van der Waals surface area contributed by atoms with Crippen LogP contribution in [0.5, 0.6) is 0 Å². The first kappa shape index (κ1) is 18.4. The molecule has 1 aromatic carbocycles. The van der Waals surface area contributed by atoms with Crippen molar-refractivity contribution in [2.45, 2.75) is 32.9 Å². The smallest absolute Gasteiger partial charge is 0.225 e. The van der Waals surface area contributed by atoms with Gasteiger partial charge in [0, 0.05) is 41.9 Å². The van der Waals surface area contributed by atoms with E-state index in [0.717, 1.165) is 16.8 Å². The van der Waals surface area contributed by atoms with Crippen LogP contribution >= 0.6 is 11.6 Å². The Hall–Kier alpha value is -2.40. The van der Waals surface area contributed by atoms with Gasteiger partial charge in [-0.2, -0.15) is 0 Å². The van der Waals surface area contributed by atoms with Crippen LogP contribution < -0.4 is 0 Å². The molecule has 1 aromatic heterocycles. The van der Waals surface area contributed by atoms with Crippen LogP contribution in [0.3, 0.4) is 0 Å². The molecule has 0 spiro atoms. The Morgan fingerprint density at radius 2 is 2.19 bits per heavy atom. The first-order chi connectivity index (χ1) is 12.5. The van der Waals surface area contributed by atoms with Crippen molar-refractivity contribution in [3.05, 3.63) is 64.9 Å². The average Bonchev–Trinajstić information content (AvgIpc) is 3.10. The van der Waals surface area contributed by atoms with Crippen LogP contribution in [0, 0.1) is 5.92 Å². The van der Waals surface area contributed by atoms with Crippen molar-refractivity contribution in [3.8, 4) is 0 Å². The molecule has 0 radical (unpaired) electrons. The Morgan fingerprint density at radius 1 is 1.35 bits per heavy atom. The molecule has 1 aliphatic heterocycles. The van der Waals surface area contributed by atoms with Gasteiger partial charge in [0.1, 0.15) is 0 Å². The number of carbonyl (C=O) groups is 1. The van der Waals surface area contributed by atoms with Gasteiger partial charge >= 0.3 is 0 Å². The van der Waals surface area contributed by atoms with Crippen molar-refractivity contribution in [1.82, 2.24) is 9.88 Å². The average molecular weight is 372 g/mol. The number of carbonyl (C=O) groups excluding carboxylic acids is 1. The third-order valence-corrected chi connectivity index (χ3v) is 4.45. The minimum absolute atomic E-state index is 0.0865. The first-order valence-electron chi connectivity index (χ1n) is 8.69. The molecule has 2 aromatic rings. The van der Waals surface area contributed by atoms with Crippen LogP contribution in [-0.4, -0.2) is 34.2 Å². The third-order valence-electron chi connectivity index (χ3n) is 4.22. The first-order valence-corrected chi connectivity index (χ1v) is 9.07. The molecule has 136 valence electrons. The van der Waals surface area contributed by atoms with Crippen molar-refractivity contribution in [3.63, 3.8) is 0 Å². The minimum atomic E-state index is -0.160. The number of benzene rings is 1. The molecule has 26 heavy (non-hydrogen) atoms. The number of hydrogen-bond donors (Lipinski definition) is 0. The van der Waals surface area contributed by atoms with E-state index >= 15 is 0 Å². The summed E-state index contributed by atoms with van der Waals surface area (Å²) in [4.78, 5) is 24.2. The molecule has 2 heterocycles. The second kappa shape index (κ2) is 8.32. The van der Waals surface area contributed by atoms with E-state index in [4.69, 9.17) is 16.4 Å². The van der Waals surface area contributed by atoms with Gasteiger partial charge in [-0.05, 0) is 29.8 Å². The van der Waals surface area contributed by atoms with Gasteiger partial charge in [-0.15, -0.1) is 0 Å². The number of nitrogens with zero attached hydrogens (tertiary/aromatic N) is 3. The molecule has 1 amide bonds. The second-order valence-electron chi connectivity index (χ2n) is 6.71. The summed E-state index contributed by atoms with van der Waals surface area (Å²) in [5.41, 5.74) is 2.81. The van der Waals surface area contributed by atoms with Crippen molar-refractivity contribution >= 4 is 23.2 Å². The molecule has 0 saturated carbocycles. The largest absolute Gasteiger partial charge is 0.390 e. The fourth-order valence-corrected chi connectivity index (χ4v) is 3.14. The van der Waals surface area contributed by atoms with Crippen molar-refractivity contribution in [1.29, 1.82) is 0 Å². The van der Waals surface area contributed by atoms with Crippen molar-refractivity contribution in [2.75, 3.05) is 6.54 Å². The maximum absolute atomic E-state index is 12.7. The lowest BCUT2D eigenvalue weighted by Gasteiger charge is -2.26. The molecule has 0 aliphatic carbocycles. The topological polar surface area (TPSA) is 54.8 Å². The standard InChI is InChI=1S/C20H22ClN3O2/c1-14(2)20(25)24(12-15-5-3-7-17(21)9-15)13-18-10-19(23-26-18)16-6-4-8-22-11-16/h3-9,11,14,18H,10,12-13H2,1-2H3/t18-/m1/s1. The summed E-state index contributed by atoms with van der Waals surface area (Å²) in [6, 6.07) is 11.4. The van der Waals surface area contributed by atoms with Crippen LogP contribution in [0.1, 0.15) is 31.4 Å². The Balaban J connectivity index is 1.68. The summed E-state index contributed by atoms with van der Waals surface area (Å²) in [7, 11) is 0. The number of amides is 1. The van der Waals surface area contributed by atoms with Crippen molar-refractivity contribution < 1.29 is 9.63 Å². The van der Waals surface area contributed by atoms with Gasteiger partial charge in [0.25, 0.3) is 0 Å². The lowest BCUT2D eigenvalue weighted by molar-refractivity contribution is -0.136. The summed E-state index contributed by atoms with van der Waals surface area (Å²) in [5.74, 6) is -0.00213. The minimum Gasteiger partial charge on any atom is -0.390 e. The number of pyridine rings is 1. The highest BCUT2D eigenvalue weighted by Crippen LogP contribution is 2.20. The van der Waals surface area contributed by atoms with Crippen LogP contribution in [0.15, 0.2) is 53.9 Å². The molecular formula is C20H22ClN3O2. The van der Waals surface area contributed by atoms with E-state index in [1.165, 1.54) is 0 Å². The number of rotatable bonds is 6. The fourth-order valence-electron chi connectivity index (χ4n) is 2.93. The molecule has 0 N–H and O–H groups in total. The Bertz CT molecular complexity index is 793. The molecule has 1 aliphatic rings. The van der Waals surface area contributed by atoms with Crippen LogP contribution in [0.2, 0.25) is 5.02 Å². The summed E-state index contributed by atoms with van der Waals surface area (Å²) in [6.45, 7) is 4.79. The number of oxime groups is 1. The van der Waals surface area contributed by atoms with E-state index in [1.807, 2.05) is 55.1 Å². The Morgan fingerprint density at radius 3 is 2.88 bits per heavy atom. The van der Waals surface area contributed by atoms with E-state index < -0.39 is 0 Å². The maximum Gasteiger partial charge on any atom is 0.225 e. The SMILES string of the molecule is CC(C)C(=O)N(Cc1cccc(Cl)c1)C[C@H]1CC(c2cccnc2)=NO1. The number of aromatic nitrogens is 1. The van der Waals surface area contributed by atoms with Gasteiger partial charge in [0.05, 0.1) is 12.3 Å². The normalized spacial score (nSPS) is 16.3. The molecule has 3 rings (SSSR count). The third kappa shape index (κ3) is 4.61. The molecule has 0 unspecified atom stereocenters. The van der Waals surface area contributed by atoms with Gasteiger partial charge in [0.15, 0.2) is 6.10 Å². The van der Waals surface area contributed by atoms with Crippen LogP contribution in [0.4, 0.5) is 0 Å². The number of hydrogen-bond acceptors (Lipinski definition) is 4. The van der Waals surface area contributed by atoms with Crippen molar-refractivity contribution in [2.24, 2.45) is 11.1 Å². The zero-order valence-electron chi connectivity index (χ0n) is 14.9. The lowest BCUT2D eigenvalue weighted by atomic mass is 10.1. The predicted molar refractivity (Wildman–Crippen MR) is 102 cm³/mol. The zero-order chi connectivity index (χ0) is 18.5. The van der Waals surface area contributed by atoms with E-state index in [0.29, 0.717) is 24.5 Å². The van der Waals surface area contributed by atoms with Gasteiger partial charge in [-0.3, -0.25) is 9.78 Å². The summed E-state index contributed by atoms with van der Waals surface area (Å²) in [6.07, 6.45) is 3.99. The van der Waals surface area contributed by atoms with E-state index in [9.17, 15) is 4.79 Å². The fraction of sp³-hybridized carbons (Fsp3) is 0.350. The summed E-state index contributed by atoms with van der Waals surface area (Å²) < 4.78 is 0. The molecular weight excluding hydrogens is 350 g/mol. The van der Waals surface area contributed by atoms with Crippen LogP contribution in [-0.2, 0) is 16.2 Å². The van der Waals surface area contributed by atoms with E-state index in [-0.39, 0.29) is 17.9 Å².